The number of carbonyl (C=O) groups is 2. The number of thiophene rings is 1. The van der Waals surface area contributed by atoms with Crippen molar-refractivity contribution < 1.29 is 9.59 Å². The summed E-state index contributed by atoms with van der Waals surface area (Å²) in [5.74, 6) is 0.260. The van der Waals surface area contributed by atoms with Gasteiger partial charge in [0, 0.05) is 31.7 Å². The van der Waals surface area contributed by atoms with Crippen molar-refractivity contribution in [1.29, 1.82) is 0 Å². The van der Waals surface area contributed by atoms with E-state index in [1.807, 2.05) is 54.5 Å². The van der Waals surface area contributed by atoms with E-state index < -0.39 is 0 Å². The van der Waals surface area contributed by atoms with Gasteiger partial charge in [0.2, 0.25) is 0 Å². The maximum absolute atomic E-state index is 12.5. The van der Waals surface area contributed by atoms with Crippen molar-refractivity contribution in [2.75, 3.05) is 32.7 Å². The zero-order chi connectivity index (χ0) is 17.1. The lowest BCUT2D eigenvalue weighted by atomic mass is 10.0. The Kier molecular flexibility index (Phi) is 5.11. The van der Waals surface area contributed by atoms with Gasteiger partial charge in [-0.1, -0.05) is 29.8 Å². The third kappa shape index (κ3) is 3.74. The Labute approximate surface area is 146 Å². The molecule has 24 heavy (non-hydrogen) atoms. The van der Waals surface area contributed by atoms with E-state index >= 15 is 0 Å². The largest absolute Gasteiger partial charge is 0.335 e. The van der Waals surface area contributed by atoms with Gasteiger partial charge in [0.15, 0.2) is 5.78 Å². The molecule has 0 atom stereocenters. The number of Topliss-reactive ketones (excluding diaryl/α,β-unsaturated/α-hetero) is 1. The Balaban J connectivity index is 1.55. The molecule has 1 aliphatic heterocycles. The van der Waals surface area contributed by atoms with Crippen LogP contribution in [0.15, 0.2) is 35.7 Å². The molecule has 0 unspecified atom stereocenters. The minimum Gasteiger partial charge on any atom is -0.335 e. The first-order valence-electron chi connectivity index (χ1n) is 8.20. The van der Waals surface area contributed by atoms with Gasteiger partial charge in [0.25, 0.3) is 5.91 Å². The molecule has 0 bridgehead atoms. The van der Waals surface area contributed by atoms with Crippen molar-refractivity contribution in [3.8, 4) is 0 Å². The predicted molar refractivity (Wildman–Crippen MR) is 96.9 cm³/mol. The highest BCUT2D eigenvalue weighted by atomic mass is 32.1. The second-order valence-electron chi connectivity index (χ2n) is 6.29. The summed E-state index contributed by atoms with van der Waals surface area (Å²) in [4.78, 5) is 29.7. The van der Waals surface area contributed by atoms with E-state index in [1.54, 1.807) is 0 Å². The van der Waals surface area contributed by atoms with E-state index in [9.17, 15) is 9.59 Å². The smallest absolute Gasteiger partial charge is 0.264 e. The SMILES string of the molecule is Cc1ccc(C(=O)CN2CCN(C(=O)c3cccs3)CC2)c(C)c1. The van der Waals surface area contributed by atoms with E-state index in [4.69, 9.17) is 0 Å². The van der Waals surface area contributed by atoms with E-state index in [2.05, 4.69) is 4.90 Å². The van der Waals surface area contributed by atoms with Gasteiger partial charge in [-0.05, 0) is 30.9 Å². The third-order valence-electron chi connectivity index (χ3n) is 4.44. The highest BCUT2D eigenvalue weighted by molar-refractivity contribution is 7.12. The first-order chi connectivity index (χ1) is 11.5. The zero-order valence-corrected chi connectivity index (χ0v) is 14.9. The van der Waals surface area contributed by atoms with Crippen LogP contribution in [-0.2, 0) is 0 Å². The van der Waals surface area contributed by atoms with Gasteiger partial charge in [-0.15, -0.1) is 11.3 Å². The average molecular weight is 342 g/mol. The summed E-state index contributed by atoms with van der Waals surface area (Å²) in [7, 11) is 0. The maximum atomic E-state index is 12.5. The van der Waals surface area contributed by atoms with Crippen LogP contribution in [0.25, 0.3) is 0 Å². The van der Waals surface area contributed by atoms with Crippen molar-refractivity contribution >= 4 is 23.0 Å². The Morgan fingerprint density at radius 3 is 2.46 bits per heavy atom. The first-order valence-corrected chi connectivity index (χ1v) is 9.08. The molecule has 0 N–H and O–H groups in total. The molecular weight excluding hydrogens is 320 g/mol. The average Bonchev–Trinajstić information content (AvgIpc) is 3.09. The summed E-state index contributed by atoms with van der Waals surface area (Å²) in [6.45, 7) is 7.28. The van der Waals surface area contributed by atoms with Crippen LogP contribution in [0.5, 0.6) is 0 Å². The molecule has 1 aromatic carbocycles. The van der Waals surface area contributed by atoms with Crippen LogP contribution in [0.2, 0.25) is 0 Å². The number of rotatable bonds is 4. The van der Waals surface area contributed by atoms with E-state index in [1.165, 1.54) is 16.9 Å². The van der Waals surface area contributed by atoms with Crippen LogP contribution >= 0.6 is 11.3 Å². The van der Waals surface area contributed by atoms with Gasteiger partial charge in [-0.3, -0.25) is 14.5 Å². The fourth-order valence-corrected chi connectivity index (χ4v) is 3.77. The maximum Gasteiger partial charge on any atom is 0.264 e. The van der Waals surface area contributed by atoms with Gasteiger partial charge in [-0.2, -0.15) is 0 Å². The number of amides is 1. The molecule has 4 nitrogen and oxygen atoms in total. The molecule has 0 radical (unpaired) electrons. The fraction of sp³-hybridized carbons (Fsp3) is 0.368. The summed E-state index contributed by atoms with van der Waals surface area (Å²) in [5, 5.41) is 1.92. The van der Waals surface area contributed by atoms with Crippen LogP contribution in [0.4, 0.5) is 0 Å². The summed E-state index contributed by atoms with van der Waals surface area (Å²) in [6.07, 6.45) is 0. The second-order valence-corrected chi connectivity index (χ2v) is 7.23. The van der Waals surface area contributed by atoms with Crippen LogP contribution in [0, 0.1) is 13.8 Å². The Bertz CT molecular complexity index is 732. The number of piperazine rings is 1. The summed E-state index contributed by atoms with van der Waals surface area (Å²) < 4.78 is 0. The van der Waals surface area contributed by atoms with E-state index in [0.717, 1.165) is 29.1 Å². The monoisotopic (exact) mass is 342 g/mol. The molecule has 1 amide bonds. The van der Waals surface area contributed by atoms with Crippen molar-refractivity contribution in [2.24, 2.45) is 0 Å². The third-order valence-corrected chi connectivity index (χ3v) is 5.30. The molecular formula is C19H22N2O2S. The quantitative estimate of drug-likeness (QED) is 0.802. The Morgan fingerprint density at radius 2 is 1.83 bits per heavy atom. The normalized spacial score (nSPS) is 15.5. The number of hydrogen-bond donors (Lipinski definition) is 0. The van der Waals surface area contributed by atoms with Crippen LogP contribution in [0.1, 0.15) is 31.2 Å². The van der Waals surface area contributed by atoms with Gasteiger partial charge in [0.1, 0.15) is 0 Å². The topological polar surface area (TPSA) is 40.6 Å². The van der Waals surface area contributed by atoms with Crippen LogP contribution in [0.3, 0.4) is 0 Å². The molecule has 3 rings (SSSR count). The minimum atomic E-state index is 0.102. The van der Waals surface area contributed by atoms with Crippen molar-refractivity contribution in [2.45, 2.75) is 13.8 Å². The van der Waals surface area contributed by atoms with Gasteiger partial charge < -0.3 is 4.90 Å². The van der Waals surface area contributed by atoms with Crippen molar-refractivity contribution in [3.63, 3.8) is 0 Å². The minimum absolute atomic E-state index is 0.102. The number of hydrogen-bond acceptors (Lipinski definition) is 4. The Hall–Kier alpha value is -1.98. The highest BCUT2D eigenvalue weighted by Gasteiger charge is 2.24. The summed E-state index contributed by atoms with van der Waals surface area (Å²) >= 11 is 1.48. The molecule has 2 aromatic rings. The highest BCUT2D eigenvalue weighted by Crippen LogP contribution is 2.15. The van der Waals surface area contributed by atoms with Crippen LogP contribution < -0.4 is 0 Å². The number of aryl methyl sites for hydroxylation is 2. The van der Waals surface area contributed by atoms with Crippen LogP contribution in [-0.4, -0.2) is 54.2 Å². The molecule has 1 fully saturated rings. The lowest BCUT2D eigenvalue weighted by Crippen LogP contribution is -2.49. The molecule has 0 spiro atoms. The standard InChI is InChI=1S/C19H22N2O2S/c1-14-5-6-16(15(2)12-14)17(22)13-20-7-9-21(10-8-20)19(23)18-4-3-11-24-18/h3-6,11-12H,7-10,13H2,1-2H3. The molecule has 1 saturated heterocycles. The van der Waals surface area contributed by atoms with Crippen molar-refractivity contribution in [3.05, 3.63) is 57.3 Å². The molecule has 1 aliphatic rings. The predicted octanol–water partition coefficient (Wildman–Crippen LogP) is 3.01. The number of carbonyl (C=O) groups excluding carboxylic acids is 2. The van der Waals surface area contributed by atoms with Gasteiger partial charge in [0.05, 0.1) is 11.4 Å². The van der Waals surface area contributed by atoms with Crippen molar-refractivity contribution in [1.82, 2.24) is 9.80 Å². The molecule has 1 aromatic heterocycles. The van der Waals surface area contributed by atoms with E-state index in [0.29, 0.717) is 19.6 Å². The summed E-state index contributed by atoms with van der Waals surface area (Å²) in [5.41, 5.74) is 3.01. The number of nitrogens with zero attached hydrogens (tertiary/aromatic N) is 2. The van der Waals surface area contributed by atoms with E-state index in [-0.39, 0.29) is 11.7 Å². The lowest BCUT2D eigenvalue weighted by molar-refractivity contribution is 0.0628. The van der Waals surface area contributed by atoms with Gasteiger partial charge >= 0.3 is 0 Å². The fourth-order valence-electron chi connectivity index (χ4n) is 3.08. The second kappa shape index (κ2) is 7.28. The molecule has 126 valence electrons. The zero-order valence-electron chi connectivity index (χ0n) is 14.1. The van der Waals surface area contributed by atoms with Gasteiger partial charge in [-0.25, -0.2) is 0 Å². The lowest BCUT2D eigenvalue weighted by Gasteiger charge is -2.34. The number of benzene rings is 1. The molecule has 5 heteroatoms. The summed E-state index contributed by atoms with van der Waals surface area (Å²) in [6, 6.07) is 9.71. The number of ketones is 1. The first kappa shape index (κ1) is 16.9. The molecule has 0 aliphatic carbocycles. The molecule has 0 saturated carbocycles. The Morgan fingerprint density at radius 1 is 1.08 bits per heavy atom. The molecule has 2 heterocycles.